The van der Waals surface area contributed by atoms with Gasteiger partial charge in [-0.1, -0.05) is 31.7 Å². The molecule has 0 spiro atoms. The van der Waals surface area contributed by atoms with Crippen molar-refractivity contribution >= 4 is 11.6 Å². The summed E-state index contributed by atoms with van der Waals surface area (Å²) in [6, 6.07) is 6.08. The van der Waals surface area contributed by atoms with Gasteiger partial charge in [-0.25, -0.2) is 0 Å². The van der Waals surface area contributed by atoms with E-state index in [2.05, 4.69) is 6.07 Å². The molecule has 0 bridgehead atoms. The zero-order chi connectivity index (χ0) is 19.9. The molecule has 28 heavy (non-hydrogen) atoms. The molecule has 1 aliphatic carbocycles. The molecule has 1 aliphatic heterocycles. The van der Waals surface area contributed by atoms with E-state index in [0.717, 1.165) is 50.0 Å². The Morgan fingerprint density at radius 3 is 2.57 bits per heavy atom. The van der Waals surface area contributed by atoms with Gasteiger partial charge in [0, 0.05) is 12.8 Å². The van der Waals surface area contributed by atoms with Gasteiger partial charge in [0.15, 0.2) is 23.1 Å². The summed E-state index contributed by atoms with van der Waals surface area (Å²) >= 11 is 0. The summed E-state index contributed by atoms with van der Waals surface area (Å²) in [6.07, 6.45) is 6.46. The van der Waals surface area contributed by atoms with Crippen molar-refractivity contribution in [2.45, 2.75) is 70.3 Å². The number of Topliss-reactive ketones (excluding diaryl/α,β-unsaturated/α-hetero) is 2. The average Bonchev–Trinajstić information content (AvgIpc) is 3.15. The van der Waals surface area contributed by atoms with Crippen LogP contribution in [0.2, 0.25) is 0 Å². The first kappa shape index (κ1) is 20.4. The molecule has 2 aliphatic rings. The molecule has 0 saturated heterocycles. The number of unbranched alkanes of at least 4 members (excludes halogenated alkanes) is 5. The number of rotatable bonds is 10. The van der Waals surface area contributed by atoms with Gasteiger partial charge in [0.1, 0.15) is 17.4 Å². The van der Waals surface area contributed by atoms with Crippen LogP contribution in [0.1, 0.15) is 63.4 Å². The average molecular weight is 388 g/mol. The molecule has 1 heterocycles. The van der Waals surface area contributed by atoms with Crippen molar-refractivity contribution in [1.29, 1.82) is 0 Å². The molecule has 6 nitrogen and oxygen atoms in total. The van der Waals surface area contributed by atoms with Gasteiger partial charge >= 0.3 is 0 Å². The normalized spacial score (nSPS) is 18.6. The maximum absolute atomic E-state index is 12.2. The van der Waals surface area contributed by atoms with Gasteiger partial charge < -0.3 is 19.7 Å². The summed E-state index contributed by atoms with van der Waals surface area (Å²) in [5.74, 6) is 0.504. The van der Waals surface area contributed by atoms with E-state index in [9.17, 15) is 19.8 Å². The molecule has 1 aromatic carbocycles. The second-order valence-corrected chi connectivity index (χ2v) is 7.47. The Balaban J connectivity index is 1.28. The topological polar surface area (TPSA) is 93.1 Å². The molecule has 0 fully saturated rings. The lowest BCUT2D eigenvalue weighted by Gasteiger charge is -2.18. The molecular weight excluding hydrogens is 360 g/mol. The monoisotopic (exact) mass is 388 g/mol. The smallest absolute Gasteiger partial charge is 0.231 e. The van der Waals surface area contributed by atoms with Crippen molar-refractivity contribution in [3.63, 3.8) is 0 Å². The highest BCUT2D eigenvalue weighted by atomic mass is 16.7. The number of hydrogen-bond acceptors (Lipinski definition) is 6. The van der Waals surface area contributed by atoms with Gasteiger partial charge in [-0.3, -0.25) is 9.59 Å². The lowest BCUT2D eigenvalue weighted by molar-refractivity contribution is -0.123. The van der Waals surface area contributed by atoms with Crippen molar-refractivity contribution in [3.05, 3.63) is 35.1 Å². The van der Waals surface area contributed by atoms with E-state index < -0.39 is 11.9 Å². The maximum atomic E-state index is 12.2. The SMILES string of the molecule is O=C(CCCCCCCCc1ccc2c(c1)OCO2)C1=C(O)C(O)CCC1=O. The van der Waals surface area contributed by atoms with E-state index in [0.29, 0.717) is 13.2 Å². The number of aryl methyl sites for hydroxylation is 1. The van der Waals surface area contributed by atoms with Gasteiger partial charge in [-0.05, 0) is 43.4 Å². The van der Waals surface area contributed by atoms with Crippen LogP contribution in [0.15, 0.2) is 29.5 Å². The molecule has 1 aromatic rings. The van der Waals surface area contributed by atoms with Gasteiger partial charge in [-0.15, -0.1) is 0 Å². The number of aliphatic hydroxyl groups is 2. The lowest BCUT2D eigenvalue weighted by atomic mass is 9.89. The summed E-state index contributed by atoms with van der Waals surface area (Å²) in [6.45, 7) is 0.299. The fourth-order valence-corrected chi connectivity index (χ4v) is 3.68. The number of ketones is 2. The summed E-state index contributed by atoms with van der Waals surface area (Å²) in [5.41, 5.74) is 1.07. The highest BCUT2D eigenvalue weighted by Gasteiger charge is 2.30. The highest BCUT2D eigenvalue weighted by molar-refractivity contribution is 6.21. The maximum Gasteiger partial charge on any atom is 0.231 e. The third-order valence-corrected chi connectivity index (χ3v) is 5.33. The lowest BCUT2D eigenvalue weighted by Crippen LogP contribution is -2.27. The van der Waals surface area contributed by atoms with Crippen LogP contribution < -0.4 is 9.47 Å². The predicted molar refractivity (Wildman–Crippen MR) is 103 cm³/mol. The fraction of sp³-hybridized carbons (Fsp3) is 0.545. The number of allylic oxidation sites excluding steroid dienone is 1. The van der Waals surface area contributed by atoms with Crippen molar-refractivity contribution in [2.75, 3.05) is 6.79 Å². The third-order valence-electron chi connectivity index (χ3n) is 5.33. The highest BCUT2D eigenvalue weighted by Crippen LogP contribution is 2.33. The van der Waals surface area contributed by atoms with E-state index in [1.54, 1.807) is 0 Å². The number of benzene rings is 1. The van der Waals surface area contributed by atoms with Crippen LogP contribution >= 0.6 is 0 Å². The van der Waals surface area contributed by atoms with Crippen molar-refractivity contribution in [2.24, 2.45) is 0 Å². The minimum absolute atomic E-state index is 0.121. The second-order valence-electron chi connectivity index (χ2n) is 7.47. The fourth-order valence-electron chi connectivity index (χ4n) is 3.68. The molecular formula is C22H28O6. The van der Waals surface area contributed by atoms with E-state index in [1.165, 1.54) is 5.56 Å². The minimum Gasteiger partial charge on any atom is -0.509 e. The summed E-state index contributed by atoms with van der Waals surface area (Å²) in [5, 5.41) is 19.4. The Morgan fingerprint density at radius 2 is 1.75 bits per heavy atom. The number of hydrogen-bond donors (Lipinski definition) is 2. The summed E-state index contributed by atoms with van der Waals surface area (Å²) in [7, 11) is 0. The van der Waals surface area contributed by atoms with Crippen LogP contribution in [0.3, 0.4) is 0 Å². The largest absolute Gasteiger partial charge is 0.509 e. The number of carbonyl (C=O) groups excluding carboxylic acids is 2. The molecule has 0 amide bonds. The molecule has 0 saturated carbocycles. The summed E-state index contributed by atoms with van der Waals surface area (Å²) < 4.78 is 10.7. The number of aliphatic hydroxyl groups excluding tert-OH is 2. The number of ether oxygens (including phenoxy) is 2. The van der Waals surface area contributed by atoms with E-state index in [4.69, 9.17) is 9.47 Å². The molecule has 1 atom stereocenters. The number of fused-ring (bicyclic) bond motifs is 1. The molecule has 152 valence electrons. The first-order chi connectivity index (χ1) is 13.6. The first-order valence-electron chi connectivity index (χ1n) is 10.1. The van der Waals surface area contributed by atoms with Crippen molar-refractivity contribution < 1.29 is 29.3 Å². The molecule has 1 unspecified atom stereocenters. The van der Waals surface area contributed by atoms with E-state index in [1.807, 2.05) is 12.1 Å². The van der Waals surface area contributed by atoms with Crippen LogP contribution in [-0.4, -0.2) is 34.7 Å². The summed E-state index contributed by atoms with van der Waals surface area (Å²) in [4.78, 5) is 24.0. The van der Waals surface area contributed by atoms with Crippen LogP contribution in [0, 0.1) is 0 Å². The molecule has 6 heteroatoms. The Kier molecular flexibility index (Phi) is 7.09. The van der Waals surface area contributed by atoms with Crippen molar-refractivity contribution in [3.8, 4) is 11.5 Å². The van der Waals surface area contributed by atoms with Gasteiger partial charge in [0.05, 0.1) is 0 Å². The minimum atomic E-state index is -1.08. The van der Waals surface area contributed by atoms with E-state index in [-0.39, 0.29) is 36.4 Å². The quantitative estimate of drug-likeness (QED) is 0.468. The number of carbonyl (C=O) groups is 2. The van der Waals surface area contributed by atoms with Crippen LogP contribution in [0.5, 0.6) is 11.5 Å². The predicted octanol–water partition coefficient (Wildman–Crippen LogP) is 3.79. The van der Waals surface area contributed by atoms with E-state index >= 15 is 0 Å². The van der Waals surface area contributed by atoms with Crippen LogP contribution in [0.4, 0.5) is 0 Å². The van der Waals surface area contributed by atoms with Gasteiger partial charge in [0.2, 0.25) is 6.79 Å². The Hall–Kier alpha value is -2.34. The second kappa shape index (κ2) is 9.73. The van der Waals surface area contributed by atoms with Crippen molar-refractivity contribution in [1.82, 2.24) is 0 Å². The molecule has 0 aromatic heterocycles. The molecule has 3 rings (SSSR count). The molecule has 2 N–H and O–H groups in total. The standard InChI is InChI=1S/C22H28O6/c23-16(21-17(24)10-11-18(25)22(21)26)8-6-4-2-1-3-5-7-15-9-12-19-20(13-15)28-14-27-19/h9,12-13,18,25-26H,1-8,10-11,14H2. The molecule has 0 radical (unpaired) electrons. The first-order valence-corrected chi connectivity index (χ1v) is 10.1. The van der Waals surface area contributed by atoms with Gasteiger partial charge in [-0.2, -0.15) is 0 Å². The third kappa shape index (κ3) is 5.13. The van der Waals surface area contributed by atoms with Gasteiger partial charge in [0.25, 0.3) is 0 Å². The zero-order valence-corrected chi connectivity index (χ0v) is 16.1. The van der Waals surface area contributed by atoms with Crippen LogP contribution in [-0.2, 0) is 16.0 Å². The Labute approximate surface area is 165 Å². The Morgan fingerprint density at radius 1 is 1.04 bits per heavy atom. The Bertz CT molecular complexity index is 751. The van der Waals surface area contributed by atoms with Crippen LogP contribution in [0.25, 0.3) is 0 Å². The zero-order valence-electron chi connectivity index (χ0n) is 16.1.